The average molecular weight is 341 g/mol. The van der Waals surface area contributed by atoms with E-state index in [0.29, 0.717) is 17.3 Å². The molecule has 0 saturated heterocycles. The normalized spacial score (nSPS) is 14.8. The molecule has 0 amide bonds. The number of benzene rings is 1. The second-order valence-electron chi connectivity index (χ2n) is 6.49. The Morgan fingerprint density at radius 2 is 2.12 bits per heavy atom. The Labute approximate surface area is 147 Å². The summed E-state index contributed by atoms with van der Waals surface area (Å²) in [7, 11) is 1.61. The van der Waals surface area contributed by atoms with E-state index in [1.54, 1.807) is 19.4 Å². The number of ether oxygens (including phenoxy) is 1. The van der Waals surface area contributed by atoms with Crippen molar-refractivity contribution >= 4 is 11.5 Å². The SMILES string of the molecule is CCC(Nc1nccc(-c2ccc(OC)cc2C)c1[N+](=O)[O-])C1CC1. The Morgan fingerprint density at radius 3 is 2.68 bits per heavy atom. The quantitative estimate of drug-likeness (QED) is 0.589. The highest BCUT2D eigenvalue weighted by molar-refractivity contribution is 5.82. The van der Waals surface area contributed by atoms with Crippen LogP contribution in [0.4, 0.5) is 11.5 Å². The lowest BCUT2D eigenvalue weighted by Crippen LogP contribution is -2.22. The predicted octanol–water partition coefficient (Wildman–Crippen LogP) is 4.57. The number of hydrogen-bond donors (Lipinski definition) is 1. The van der Waals surface area contributed by atoms with Gasteiger partial charge in [0.1, 0.15) is 5.75 Å². The number of anilines is 1. The molecule has 1 aromatic heterocycles. The minimum absolute atomic E-state index is 0.0369. The first-order valence-electron chi connectivity index (χ1n) is 8.60. The van der Waals surface area contributed by atoms with E-state index in [1.807, 2.05) is 25.1 Å². The van der Waals surface area contributed by atoms with Gasteiger partial charge in [-0.3, -0.25) is 10.1 Å². The summed E-state index contributed by atoms with van der Waals surface area (Å²) in [6.07, 6.45) is 4.91. The Bertz CT molecular complexity index is 787. The molecule has 1 saturated carbocycles. The van der Waals surface area contributed by atoms with Crippen molar-refractivity contribution in [1.29, 1.82) is 0 Å². The van der Waals surface area contributed by atoms with Crippen LogP contribution in [0.15, 0.2) is 30.5 Å². The van der Waals surface area contributed by atoms with Gasteiger partial charge in [-0.1, -0.05) is 13.0 Å². The molecule has 6 heteroatoms. The van der Waals surface area contributed by atoms with Gasteiger partial charge in [0.05, 0.1) is 17.6 Å². The fourth-order valence-corrected chi connectivity index (χ4v) is 3.25. The lowest BCUT2D eigenvalue weighted by molar-refractivity contribution is -0.383. The summed E-state index contributed by atoms with van der Waals surface area (Å²) in [6, 6.07) is 7.50. The molecule has 1 fully saturated rings. The fourth-order valence-electron chi connectivity index (χ4n) is 3.25. The van der Waals surface area contributed by atoms with Crippen LogP contribution < -0.4 is 10.1 Å². The first-order valence-corrected chi connectivity index (χ1v) is 8.60. The summed E-state index contributed by atoms with van der Waals surface area (Å²) in [5, 5.41) is 15.1. The molecule has 0 radical (unpaired) electrons. The van der Waals surface area contributed by atoms with Crippen molar-refractivity contribution in [3.8, 4) is 16.9 Å². The Kier molecular flexibility index (Phi) is 4.88. The zero-order chi connectivity index (χ0) is 18.0. The molecule has 1 atom stereocenters. The number of nitrogens with one attached hydrogen (secondary N) is 1. The van der Waals surface area contributed by atoms with Gasteiger partial charge >= 0.3 is 5.69 Å². The summed E-state index contributed by atoms with van der Waals surface area (Å²) in [5.74, 6) is 1.69. The van der Waals surface area contributed by atoms with E-state index in [-0.39, 0.29) is 16.7 Å². The van der Waals surface area contributed by atoms with Gasteiger partial charge in [-0.15, -0.1) is 0 Å². The van der Waals surface area contributed by atoms with Crippen molar-refractivity contribution in [1.82, 2.24) is 4.98 Å². The minimum Gasteiger partial charge on any atom is -0.497 e. The molecule has 0 spiro atoms. The van der Waals surface area contributed by atoms with Gasteiger partial charge in [0, 0.05) is 12.2 Å². The van der Waals surface area contributed by atoms with Crippen molar-refractivity contribution in [2.45, 2.75) is 39.2 Å². The minimum atomic E-state index is -0.339. The summed E-state index contributed by atoms with van der Waals surface area (Å²) < 4.78 is 5.23. The molecule has 25 heavy (non-hydrogen) atoms. The van der Waals surface area contributed by atoms with Crippen LogP contribution in [-0.4, -0.2) is 23.1 Å². The van der Waals surface area contributed by atoms with Crippen LogP contribution in [0.3, 0.4) is 0 Å². The molecular weight excluding hydrogens is 318 g/mol. The number of methoxy groups -OCH3 is 1. The third-order valence-corrected chi connectivity index (χ3v) is 4.78. The van der Waals surface area contributed by atoms with E-state index in [0.717, 1.165) is 23.3 Å². The predicted molar refractivity (Wildman–Crippen MR) is 98.0 cm³/mol. The maximum atomic E-state index is 11.8. The second kappa shape index (κ2) is 7.09. The van der Waals surface area contributed by atoms with Gasteiger partial charge in [0.25, 0.3) is 0 Å². The third-order valence-electron chi connectivity index (χ3n) is 4.78. The molecule has 2 aromatic rings. The number of aromatic nitrogens is 1. The topological polar surface area (TPSA) is 77.3 Å². The third kappa shape index (κ3) is 3.57. The van der Waals surface area contributed by atoms with Crippen molar-refractivity contribution in [3.05, 3.63) is 46.1 Å². The smallest absolute Gasteiger partial charge is 0.319 e. The van der Waals surface area contributed by atoms with Gasteiger partial charge < -0.3 is 10.1 Å². The zero-order valence-corrected chi connectivity index (χ0v) is 14.8. The average Bonchev–Trinajstić information content (AvgIpc) is 3.44. The fraction of sp³-hybridized carbons (Fsp3) is 0.421. The van der Waals surface area contributed by atoms with E-state index >= 15 is 0 Å². The maximum absolute atomic E-state index is 11.8. The van der Waals surface area contributed by atoms with Crippen LogP contribution in [0.2, 0.25) is 0 Å². The highest BCUT2D eigenvalue weighted by Crippen LogP contribution is 2.40. The van der Waals surface area contributed by atoms with Crippen LogP contribution in [-0.2, 0) is 0 Å². The lowest BCUT2D eigenvalue weighted by atomic mass is 9.99. The second-order valence-corrected chi connectivity index (χ2v) is 6.49. The number of hydrogen-bond acceptors (Lipinski definition) is 5. The van der Waals surface area contributed by atoms with Gasteiger partial charge in [0.15, 0.2) is 0 Å². The highest BCUT2D eigenvalue weighted by Gasteiger charge is 2.32. The highest BCUT2D eigenvalue weighted by atomic mass is 16.6. The van der Waals surface area contributed by atoms with E-state index in [9.17, 15) is 10.1 Å². The van der Waals surface area contributed by atoms with Crippen LogP contribution in [0.5, 0.6) is 5.75 Å². The Hall–Kier alpha value is -2.63. The molecule has 1 N–H and O–H groups in total. The zero-order valence-electron chi connectivity index (χ0n) is 14.8. The van der Waals surface area contributed by atoms with Crippen LogP contribution in [0.25, 0.3) is 11.1 Å². The summed E-state index contributed by atoms with van der Waals surface area (Å²) in [6.45, 7) is 4.02. The van der Waals surface area contributed by atoms with E-state index in [1.165, 1.54) is 12.8 Å². The van der Waals surface area contributed by atoms with E-state index < -0.39 is 0 Å². The standard InChI is InChI=1S/C19H23N3O3/c1-4-17(13-5-6-13)21-19-18(22(23)24)16(9-10-20-19)15-8-7-14(25-3)11-12(15)2/h7-11,13,17H,4-6H2,1-3H3,(H,20,21). The molecule has 1 aliphatic rings. The molecule has 0 aliphatic heterocycles. The van der Waals surface area contributed by atoms with Gasteiger partial charge in [-0.05, 0) is 61.4 Å². The molecule has 132 valence electrons. The monoisotopic (exact) mass is 341 g/mol. The summed E-state index contributed by atoms with van der Waals surface area (Å²) in [4.78, 5) is 15.7. The first-order chi connectivity index (χ1) is 12.0. The largest absolute Gasteiger partial charge is 0.497 e. The molecule has 0 bridgehead atoms. The number of nitro groups is 1. The van der Waals surface area contributed by atoms with Crippen LogP contribution in [0, 0.1) is 23.0 Å². The molecule has 1 unspecified atom stereocenters. The Balaban J connectivity index is 2.05. The lowest BCUT2D eigenvalue weighted by Gasteiger charge is -2.18. The van der Waals surface area contributed by atoms with Gasteiger partial charge in [-0.2, -0.15) is 0 Å². The molecule has 3 rings (SSSR count). The van der Waals surface area contributed by atoms with Gasteiger partial charge in [-0.25, -0.2) is 4.98 Å². The van der Waals surface area contributed by atoms with Crippen molar-refractivity contribution < 1.29 is 9.66 Å². The van der Waals surface area contributed by atoms with Crippen LogP contribution in [0.1, 0.15) is 31.7 Å². The van der Waals surface area contributed by atoms with Crippen molar-refractivity contribution in [3.63, 3.8) is 0 Å². The number of nitrogens with zero attached hydrogens (tertiary/aromatic N) is 2. The molecular formula is C19H23N3O3. The number of rotatable bonds is 7. The van der Waals surface area contributed by atoms with E-state index in [2.05, 4.69) is 17.2 Å². The number of aryl methyl sites for hydroxylation is 1. The molecule has 1 aromatic carbocycles. The van der Waals surface area contributed by atoms with E-state index in [4.69, 9.17) is 4.74 Å². The Morgan fingerprint density at radius 1 is 1.36 bits per heavy atom. The molecule has 1 aliphatic carbocycles. The van der Waals surface area contributed by atoms with Crippen molar-refractivity contribution in [2.75, 3.05) is 12.4 Å². The van der Waals surface area contributed by atoms with Crippen LogP contribution >= 0.6 is 0 Å². The summed E-state index contributed by atoms with van der Waals surface area (Å²) >= 11 is 0. The maximum Gasteiger partial charge on any atom is 0.319 e. The van der Waals surface area contributed by atoms with Crippen molar-refractivity contribution in [2.24, 2.45) is 5.92 Å². The first kappa shape index (κ1) is 17.2. The number of pyridine rings is 1. The molecule has 1 heterocycles. The summed E-state index contributed by atoms with van der Waals surface area (Å²) in [5.41, 5.74) is 2.36. The molecule has 6 nitrogen and oxygen atoms in total. The van der Waals surface area contributed by atoms with Gasteiger partial charge in [0.2, 0.25) is 5.82 Å².